The molecule has 0 bridgehead atoms. The van der Waals surface area contributed by atoms with Gasteiger partial charge in [0.05, 0.1) is 19.5 Å². The fraction of sp³-hybridized carbons (Fsp3) is 0.412. The quantitative estimate of drug-likeness (QED) is 0.747. The third-order valence-corrected chi connectivity index (χ3v) is 5.97. The van der Waals surface area contributed by atoms with Gasteiger partial charge in [-0.3, -0.25) is 4.79 Å². The number of nitrogens with zero attached hydrogens (tertiary/aromatic N) is 4. The Balaban J connectivity index is 1.72. The number of hydrogen-bond acceptors (Lipinski definition) is 5. The molecule has 8 nitrogen and oxygen atoms in total. The number of hydrogen-bond donors (Lipinski definition) is 0. The number of sulfonamides is 1. The number of aromatic nitrogens is 2. The molecule has 0 unspecified atom stereocenters. The number of carbonyl (C=O) groups is 1. The molecule has 1 aliphatic heterocycles. The molecule has 0 N–H and O–H groups in total. The summed E-state index contributed by atoms with van der Waals surface area (Å²) in [5.41, 5.74) is 0.807. The Morgan fingerprint density at radius 2 is 1.92 bits per heavy atom. The first kappa shape index (κ1) is 18.6. The maximum Gasteiger partial charge on any atom is 0.262 e. The van der Waals surface area contributed by atoms with Crippen molar-refractivity contribution >= 4 is 21.6 Å². The van der Waals surface area contributed by atoms with E-state index in [-0.39, 0.29) is 17.5 Å². The van der Waals surface area contributed by atoms with Gasteiger partial charge in [0.1, 0.15) is 6.54 Å². The Bertz CT molecular complexity index is 845. The van der Waals surface area contributed by atoms with Gasteiger partial charge in [0, 0.05) is 31.5 Å². The van der Waals surface area contributed by atoms with E-state index in [1.807, 2.05) is 37.3 Å². The van der Waals surface area contributed by atoms with Crippen LogP contribution >= 0.6 is 0 Å². The summed E-state index contributed by atoms with van der Waals surface area (Å²) in [6, 6.07) is 9.36. The molecule has 2 heterocycles. The number of likely N-dealkylation sites (N-methyl/N-ethyl adjacent to an activating group) is 1. The third kappa shape index (κ3) is 3.95. The van der Waals surface area contributed by atoms with E-state index >= 15 is 0 Å². The Morgan fingerprint density at radius 1 is 1.23 bits per heavy atom. The number of rotatable bonds is 6. The minimum Gasteiger partial charge on any atom is -0.379 e. The zero-order valence-corrected chi connectivity index (χ0v) is 15.4. The third-order valence-electron chi connectivity index (χ3n) is 4.19. The van der Waals surface area contributed by atoms with Gasteiger partial charge in [0.15, 0.2) is 5.03 Å². The van der Waals surface area contributed by atoms with E-state index in [0.717, 1.165) is 5.69 Å². The minimum absolute atomic E-state index is 0.0222. The summed E-state index contributed by atoms with van der Waals surface area (Å²) >= 11 is 0. The van der Waals surface area contributed by atoms with Gasteiger partial charge in [-0.1, -0.05) is 18.2 Å². The Labute approximate surface area is 153 Å². The molecule has 0 radical (unpaired) electrons. The highest BCUT2D eigenvalue weighted by Gasteiger charge is 2.28. The van der Waals surface area contributed by atoms with Crippen LogP contribution in [-0.4, -0.2) is 61.0 Å². The molecule has 2 aromatic rings. The molecule has 26 heavy (non-hydrogen) atoms. The van der Waals surface area contributed by atoms with Crippen LogP contribution in [0.4, 0.5) is 5.69 Å². The summed E-state index contributed by atoms with van der Waals surface area (Å²) in [7, 11) is -3.66. The summed E-state index contributed by atoms with van der Waals surface area (Å²) in [6.45, 7) is 3.82. The van der Waals surface area contributed by atoms with E-state index in [1.165, 1.54) is 21.4 Å². The average Bonchev–Trinajstić information content (AvgIpc) is 3.13. The van der Waals surface area contributed by atoms with Crippen molar-refractivity contribution in [2.24, 2.45) is 0 Å². The van der Waals surface area contributed by atoms with Crippen molar-refractivity contribution in [1.82, 2.24) is 13.9 Å². The largest absolute Gasteiger partial charge is 0.379 e. The standard InChI is InChI=1S/C17H22N4O4S/c1-2-21(15-6-4-3-5-7-15)17(22)13-19-12-16(18-14-19)26(23,24)20-8-10-25-11-9-20/h3-7,12,14H,2,8-11,13H2,1H3. The van der Waals surface area contributed by atoms with Crippen molar-refractivity contribution in [1.29, 1.82) is 0 Å². The predicted octanol–water partition coefficient (Wildman–Crippen LogP) is 0.957. The zero-order chi connectivity index (χ0) is 18.6. The topological polar surface area (TPSA) is 84.7 Å². The summed E-state index contributed by atoms with van der Waals surface area (Å²) in [5, 5.41) is -0.0463. The highest BCUT2D eigenvalue weighted by Crippen LogP contribution is 2.16. The fourth-order valence-corrected chi connectivity index (χ4v) is 4.17. The molecule has 0 spiro atoms. The first-order valence-corrected chi connectivity index (χ1v) is 9.91. The Hall–Kier alpha value is -2.23. The normalized spacial score (nSPS) is 15.7. The SMILES string of the molecule is CCN(C(=O)Cn1cnc(S(=O)(=O)N2CCOCC2)c1)c1ccccc1. The van der Waals surface area contributed by atoms with Crippen LogP contribution in [0, 0.1) is 0 Å². The molecule has 1 aliphatic rings. The van der Waals surface area contributed by atoms with Crippen LogP contribution in [0.1, 0.15) is 6.92 Å². The number of ether oxygens (including phenoxy) is 1. The van der Waals surface area contributed by atoms with Crippen molar-refractivity contribution < 1.29 is 17.9 Å². The lowest BCUT2D eigenvalue weighted by atomic mass is 10.3. The van der Waals surface area contributed by atoms with Gasteiger partial charge in [0.25, 0.3) is 10.0 Å². The Kier molecular flexibility index (Phi) is 5.70. The molecule has 1 aromatic heterocycles. The van der Waals surface area contributed by atoms with E-state index in [4.69, 9.17) is 4.74 Å². The lowest BCUT2D eigenvalue weighted by Gasteiger charge is -2.24. The number of benzene rings is 1. The van der Waals surface area contributed by atoms with Crippen molar-refractivity contribution in [3.05, 3.63) is 42.9 Å². The second-order valence-corrected chi connectivity index (χ2v) is 7.76. The van der Waals surface area contributed by atoms with Crippen molar-refractivity contribution in [3.63, 3.8) is 0 Å². The van der Waals surface area contributed by atoms with Gasteiger partial charge in [-0.15, -0.1) is 0 Å². The lowest BCUT2D eigenvalue weighted by molar-refractivity contribution is -0.119. The average molecular weight is 378 g/mol. The lowest BCUT2D eigenvalue weighted by Crippen LogP contribution is -2.40. The van der Waals surface area contributed by atoms with E-state index in [1.54, 1.807) is 4.90 Å². The van der Waals surface area contributed by atoms with E-state index in [9.17, 15) is 13.2 Å². The molecule has 3 rings (SSSR count). The summed E-state index contributed by atoms with van der Waals surface area (Å²) in [5.74, 6) is -0.133. The maximum absolute atomic E-state index is 12.6. The van der Waals surface area contributed by atoms with Gasteiger partial charge < -0.3 is 14.2 Å². The smallest absolute Gasteiger partial charge is 0.262 e. The first-order chi connectivity index (χ1) is 12.5. The van der Waals surface area contributed by atoms with Gasteiger partial charge in [-0.2, -0.15) is 4.31 Å². The number of carbonyl (C=O) groups excluding carboxylic acids is 1. The zero-order valence-electron chi connectivity index (χ0n) is 14.6. The van der Waals surface area contributed by atoms with Gasteiger partial charge in [-0.25, -0.2) is 13.4 Å². The van der Waals surface area contributed by atoms with Crippen LogP contribution in [0.15, 0.2) is 47.9 Å². The molecule has 0 aliphatic carbocycles. The molecule has 1 fully saturated rings. The highest BCUT2D eigenvalue weighted by molar-refractivity contribution is 7.89. The number of imidazole rings is 1. The molecular formula is C17H22N4O4S. The molecule has 0 atom stereocenters. The van der Waals surface area contributed by atoms with Gasteiger partial charge in [-0.05, 0) is 19.1 Å². The monoisotopic (exact) mass is 378 g/mol. The molecule has 1 aromatic carbocycles. The fourth-order valence-electron chi connectivity index (χ4n) is 2.83. The predicted molar refractivity (Wildman–Crippen MR) is 96.3 cm³/mol. The molecule has 1 amide bonds. The highest BCUT2D eigenvalue weighted by atomic mass is 32.2. The molecular weight excluding hydrogens is 356 g/mol. The van der Waals surface area contributed by atoms with Crippen LogP contribution in [0.5, 0.6) is 0 Å². The van der Waals surface area contributed by atoms with Crippen LogP contribution in [0.25, 0.3) is 0 Å². The summed E-state index contributed by atoms with van der Waals surface area (Å²) in [6.07, 6.45) is 2.78. The van der Waals surface area contributed by atoms with Crippen LogP contribution in [0.3, 0.4) is 0 Å². The van der Waals surface area contributed by atoms with Gasteiger partial charge >= 0.3 is 0 Å². The Morgan fingerprint density at radius 3 is 2.58 bits per heavy atom. The van der Waals surface area contributed by atoms with Crippen LogP contribution in [-0.2, 0) is 26.1 Å². The number of para-hydroxylation sites is 1. The number of amides is 1. The van der Waals surface area contributed by atoms with Crippen LogP contribution < -0.4 is 4.90 Å². The van der Waals surface area contributed by atoms with Crippen LogP contribution in [0.2, 0.25) is 0 Å². The van der Waals surface area contributed by atoms with Gasteiger partial charge in [0.2, 0.25) is 5.91 Å². The second kappa shape index (κ2) is 7.98. The minimum atomic E-state index is -3.66. The van der Waals surface area contributed by atoms with E-state index in [2.05, 4.69) is 4.98 Å². The first-order valence-electron chi connectivity index (χ1n) is 8.47. The molecule has 140 valence electrons. The number of anilines is 1. The van der Waals surface area contributed by atoms with Crippen molar-refractivity contribution in [3.8, 4) is 0 Å². The summed E-state index contributed by atoms with van der Waals surface area (Å²) < 4.78 is 33.2. The van der Waals surface area contributed by atoms with Crippen molar-refractivity contribution in [2.45, 2.75) is 18.5 Å². The number of morpholine rings is 1. The molecule has 0 saturated carbocycles. The molecule has 1 saturated heterocycles. The van der Waals surface area contributed by atoms with E-state index in [0.29, 0.717) is 32.8 Å². The molecule has 9 heteroatoms. The second-order valence-electron chi connectivity index (χ2n) is 5.87. The summed E-state index contributed by atoms with van der Waals surface area (Å²) in [4.78, 5) is 18.3. The maximum atomic E-state index is 12.6. The van der Waals surface area contributed by atoms with Crippen molar-refractivity contribution in [2.75, 3.05) is 37.7 Å². The van der Waals surface area contributed by atoms with E-state index < -0.39 is 10.0 Å².